The Hall–Kier alpha value is -1.11. The van der Waals surface area contributed by atoms with Gasteiger partial charge in [0.25, 0.3) is 0 Å². The standard InChI is InChI=1S/C19H25N3OS.2ClH/c1-15(18(20)16-6-3-2-4-7-16)19(23)22-11-9-21(10-12-22)14-17-8-5-13-24-17;;/h2-8,13,15,18H,9-12,14,20H2,1H3;2*1H. The maximum absolute atomic E-state index is 12.8. The molecule has 1 saturated heterocycles. The summed E-state index contributed by atoms with van der Waals surface area (Å²) in [6, 6.07) is 13.9. The molecular formula is C19H27Cl2N3OS. The second kappa shape index (κ2) is 10.9. The van der Waals surface area contributed by atoms with E-state index in [0.29, 0.717) is 0 Å². The zero-order valence-electron chi connectivity index (χ0n) is 14.9. The number of piperazine rings is 1. The fourth-order valence-electron chi connectivity index (χ4n) is 3.15. The van der Waals surface area contributed by atoms with Gasteiger partial charge in [0.1, 0.15) is 0 Å². The van der Waals surface area contributed by atoms with Gasteiger partial charge < -0.3 is 10.6 Å². The topological polar surface area (TPSA) is 49.6 Å². The Bertz CT molecular complexity index is 646. The molecule has 1 aliphatic rings. The van der Waals surface area contributed by atoms with Crippen molar-refractivity contribution in [1.29, 1.82) is 0 Å². The molecular weight excluding hydrogens is 389 g/mol. The first-order valence-electron chi connectivity index (χ1n) is 8.49. The monoisotopic (exact) mass is 415 g/mol. The summed E-state index contributed by atoms with van der Waals surface area (Å²) < 4.78 is 0. The normalized spacial score (nSPS) is 16.9. The summed E-state index contributed by atoms with van der Waals surface area (Å²) in [5, 5.41) is 2.11. The fraction of sp³-hybridized carbons (Fsp3) is 0.421. The first kappa shape index (κ1) is 22.9. The van der Waals surface area contributed by atoms with Crippen LogP contribution in [0.15, 0.2) is 47.8 Å². The number of thiophene rings is 1. The summed E-state index contributed by atoms with van der Waals surface area (Å²) in [5.41, 5.74) is 7.33. The Morgan fingerprint density at radius 2 is 1.73 bits per heavy atom. The van der Waals surface area contributed by atoms with Crippen LogP contribution in [0.2, 0.25) is 0 Å². The first-order chi connectivity index (χ1) is 11.6. The molecule has 2 aromatic rings. The van der Waals surface area contributed by atoms with Crippen molar-refractivity contribution in [2.75, 3.05) is 26.2 Å². The molecule has 3 rings (SSSR count). The van der Waals surface area contributed by atoms with Gasteiger partial charge in [-0.3, -0.25) is 9.69 Å². The highest BCUT2D eigenvalue weighted by Crippen LogP contribution is 2.22. The van der Waals surface area contributed by atoms with Gasteiger partial charge in [0.15, 0.2) is 0 Å². The summed E-state index contributed by atoms with van der Waals surface area (Å²) >= 11 is 1.79. The van der Waals surface area contributed by atoms with Crippen molar-refractivity contribution in [1.82, 2.24) is 9.80 Å². The van der Waals surface area contributed by atoms with Gasteiger partial charge in [0.2, 0.25) is 5.91 Å². The zero-order chi connectivity index (χ0) is 16.9. The fourth-order valence-corrected chi connectivity index (χ4v) is 3.90. The largest absolute Gasteiger partial charge is 0.340 e. The van der Waals surface area contributed by atoms with Crippen LogP contribution in [0.1, 0.15) is 23.4 Å². The number of nitrogens with zero attached hydrogens (tertiary/aromatic N) is 2. The Labute approximate surface area is 172 Å². The van der Waals surface area contributed by atoms with E-state index in [0.717, 1.165) is 38.3 Å². The van der Waals surface area contributed by atoms with Gasteiger partial charge in [0, 0.05) is 43.6 Å². The van der Waals surface area contributed by atoms with Crippen LogP contribution in [0, 0.1) is 5.92 Å². The van der Waals surface area contributed by atoms with Gasteiger partial charge >= 0.3 is 0 Å². The summed E-state index contributed by atoms with van der Waals surface area (Å²) in [4.78, 5) is 18.5. The Balaban J connectivity index is 0.00000169. The molecule has 0 spiro atoms. The first-order valence-corrected chi connectivity index (χ1v) is 9.37. The molecule has 26 heavy (non-hydrogen) atoms. The van der Waals surface area contributed by atoms with Crippen molar-refractivity contribution in [3.05, 3.63) is 58.3 Å². The molecule has 1 fully saturated rings. The number of nitrogens with two attached hydrogens (primary N) is 1. The van der Waals surface area contributed by atoms with Crippen molar-refractivity contribution in [2.24, 2.45) is 11.7 Å². The van der Waals surface area contributed by atoms with E-state index in [1.165, 1.54) is 4.88 Å². The molecule has 4 nitrogen and oxygen atoms in total. The lowest BCUT2D eigenvalue weighted by molar-refractivity contribution is -0.137. The predicted octanol–water partition coefficient (Wildman–Crippen LogP) is 3.57. The molecule has 1 aromatic carbocycles. The molecule has 2 atom stereocenters. The van der Waals surface area contributed by atoms with Crippen LogP contribution in [-0.2, 0) is 11.3 Å². The third kappa shape index (κ3) is 5.69. The molecule has 1 aliphatic heterocycles. The molecule has 0 bridgehead atoms. The predicted molar refractivity (Wildman–Crippen MR) is 113 cm³/mol. The van der Waals surface area contributed by atoms with Crippen molar-refractivity contribution in [3.8, 4) is 0 Å². The molecule has 2 N–H and O–H groups in total. The molecule has 2 unspecified atom stereocenters. The van der Waals surface area contributed by atoms with Crippen molar-refractivity contribution < 1.29 is 4.79 Å². The van der Waals surface area contributed by atoms with Crippen LogP contribution >= 0.6 is 36.2 Å². The Morgan fingerprint density at radius 1 is 1.08 bits per heavy atom. The highest BCUT2D eigenvalue weighted by Gasteiger charge is 2.29. The van der Waals surface area contributed by atoms with E-state index in [-0.39, 0.29) is 42.7 Å². The van der Waals surface area contributed by atoms with Crippen molar-refractivity contribution in [3.63, 3.8) is 0 Å². The van der Waals surface area contributed by atoms with E-state index in [1.807, 2.05) is 42.2 Å². The average molecular weight is 416 g/mol. The summed E-state index contributed by atoms with van der Waals surface area (Å²) in [6.45, 7) is 6.36. The second-order valence-corrected chi connectivity index (χ2v) is 7.44. The molecule has 0 radical (unpaired) electrons. The maximum Gasteiger partial charge on any atom is 0.227 e. The minimum absolute atomic E-state index is 0. The Morgan fingerprint density at radius 3 is 2.31 bits per heavy atom. The van der Waals surface area contributed by atoms with Crippen molar-refractivity contribution >= 4 is 42.1 Å². The lowest BCUT2D eigenvalue weighted by Gasteiger charge is -2.36. The van der Waals surface area contributed by atoms with Crippen LogP contribution in [-0.4, -0.2) is 41.9 Å². The molecule has 1 aromatic heterocycles. The number of amides is 1. The number of halogens is 2. The van der Waals surface area contributed by atoms with Crippen LogP contribution in [0.5, 0.6) is 0 Å². The smallest absolute Gasteiger partial charge is 0.227 e. The minimum Gasteiger partial charge on any atom is -0.340 e. The van der Waals surface area contributed by atoms with E-state index < -0.39 is 0 Å². The van der Waals surface area contributed by atoms with Crippen molar-refractivity contribution in [2.45, 2.75) is 19.5 Å². The van der Waals surface area contributed by atoms with E-state index in [9.17, 15) is 4.79 Å². The van der Waals surface area contributed by atoms with E-state index in [2.05, 4.69) is 22.4 Å². The summed E-state index contributed by atoms with van der Waals surface area (Å²) in [6.07, 6.45) is 0. The summed E-state index contributed by atoms with van der Waals surface area (Å²) in [7, 11) is 0. The van der Waals surface area contributed by atoms with E-state index >= 15 is 0 Å². The third-order valence-corrected chi connectivity index (χ3v) is 5.62. The number of carbonyl (C=O) groups is 1. The molecule has 1 amide bonds. The highest BCUT2D eigenvalue weighted by atomic mass is 35.5. The number of hydrogen-bond donors (Lipinski definition) is 1. The Kier molecular flexibility index (Phi) is 9.61. The maximum atomic E-state index is 12.8. The second-order valence-electron chi connectivity index (χ2n) is 6.41. The lowest BCUT2D eigenvalue weighted by atomic mass is 9.94. The van der Waals surface area contributed by atoms with Gasteiger partial charge in [-0.25, -0.2) is 0 Å². The molecule has 2 heterocycles. The SMILES string of the molecule is CC(C(=O)N1CCN(Cc2cccs2)CC1)C(N)c1ccccc1.Cl.Cl. The third-order valence-electron chi connectivity index (χ3n) is 4.76. The number of rotatable bonds is 5. The minimum atomic E-state index is -0.247. The molecule has 144 valence electrons. The van der Waals surface area contributed by atoms with Crippen LogP contribution in [0.4, 0.5) is 0 Å². The summed E-state index contributed by atoms with van der Waals surface area (Å²) in [5.74, 6) is -0.0293. The van der Waals surface area contributed by atoms with Gasteiger partial charge in [0.05, 0.1) is 5.92 Å². The molecule has 7 heteroatoms. The van der Waals surface area contributed by atoms with Gasteiger partial charge in [-0.15, -0.1) is 36.2 Å². The van der Waals surface area contributed by atoms with E-state index in [1.54, 1.807) is 11.3 Å². The average Bonchev–Trinajstić information content (AvgIpc) is 3.14. The van der Waals surface area contributed by atoms with Crippen LogP contribution < -0.4 is 5.73 Å². The molecule has 0 saturated carbocycles. The van der Waals surface area contributed by atoms with Gasteiger partial charge in [-0.1, -0.05) is 43.3 Å². The quantitative estimate of drug-likeness (QED) is 0.811. The number of benzene rings is 1. The van der Waals surface area contributed by atoms with Gasteiger partial charge in [-0.2, -0.15) is 0 Å². The number of hydrogen-bond acceptors (Lipinski definition) is 4. The van der Waals surface area contributed by atoms with Gasteiger partial charge in [-0.05, 0) is 17.0 Å². The number of carbonyl (C=O) groups excluding carboxylic acids is 1. The van der Waals surface area contributed by atoms with Crippen LogP contribution in [0.3, 0.4) is 0 Å². The van der Waals surface area contributed by atoms with Crippen LogP contribution in [0.25, 0.3) is 0 Å². The lowest BCUT2D eigenvalue weighted by Crippen LogP contribution is -2.50. The highest BCUT2D eigenvalue weighted by molar-refractivity contribution is 7.09. The molecule has 0 aliphatic carbocycles. The van der Waals surface area contributed by atoms with E-state index in [4.69, 9.17) is 5.73 Å². The zero-order valence-corrected chi connectivity index (χ0v) is 17.4.